The highest BCUT2D eigenvalue weighted by atomic mass is 32.1. The number of hydrogen-bond donors (Lipinski definition) is 1. The second-order valence-electron chi connectivity index (χ2n) is 4.59. The first-order chi connectivity index (χ1) is 10.4. The number of thiophene rings is 1. The zero-order chi connectivity index (χ0) is 14.5. The number of hydrogen-bond acceptors (Lipinski definition) is 3. The van der Waals surface area contributed by atoms with Crippen LogP contribution in [-0.2, 0) is 11.3 Å². The molecule has 1 aromatic carbocycles. The van der Waals surface area contributed by atoms with Gasteiger partial charge in [-0.15, -0.1) is 11.3 Å². The number of rotatable bonds is 5. The topological polar surface area (TPSA) is 42.0 Å². The van der Waals surface area contributed by atoms with Gasteiger partial charge in [-0.25, -0.2) is 0 Å². The lowest BCUT2D eigenvalue weighted by Crippen LogP contribution is -2.09. The van der Waals surface area contributed by atoms with Crippen LogP contribution in [0.25, 0.3) is 21.6 Å². The summed E-state index contributed by atoms with van der Waals surface area (Å²) in [6, 6.07) is 14.5. The maximum Gasteiger partial charge on any atom is 0.207 e. The van der Waals surface area contributed by atoms with Gasteiger partial charge in [-0.2, -0.15) is 0 Å². The van der Waals surface area contributed by atoms with Crippen LogP contribution in [0.3, 0.4) is 0 Å². The molecule has 104 valence electrons. The molecule has 4 heteroatoms. The molecule has 0 saturated heterocycles. The summed E-state index contributed by atoms with van der Waals surface area (Å²) in [5, 5.41) is 4.78. The molecule has 1 N–H and O–H groups in total. The number of aromatic nitrogens is 1. The average molecular weight is 294 g/mol. The average Bonchev–Trinajstić information content (AvgIpc) is 3.04. The number of nitrogens with zero attached hydrogens (tertiary/aromatic N) is 1. The van der Waals surface area contributed by atoms with Gasteiger partial charge in [-0.3, -0.25) is 9.78 Å². The van der Waals surface area contributed by atoms with E-state index in [0.717, 1.165) is 5.56 Å². The summed E-state index contributed by atoms with van der Waals surface area (Å²) in [6.45, 7) is 0.561. The quantitative estimate of drug-likeness (QED) is 0.729. The Morgan fingerprint density at radius 3 is 2.48 bits per heavy atom. The third-order valence-corrected chi connectivity index (χ3v) is 4.23. The largest absolute Gasteiger partial charge is 0.355 e. The van der Waals surface area contributed by atoms with Crippen molar-refractivity contribution in [1.82, 2.24) is 10.3 Å². The Labute approximate surface area is 127 Å². The van der Waals surface area contributed by atoms with Crippen molar-refractivity contribution < 1.29 is 4.79 Å². The molecule has 1 amide bonds. The fourth-order valence-corrected chi connectivity index (χ4v) is 3.15. The second-order valence-corrected chi connectivity index (χ2v) is 5.51. The minimum absolute atomic E-state index is 0.561. The molecule has 0 atom stereocenters. The SMILES string of the molecule is O=CNCc1ccc(-c2sccc2-c2ccncc2)cc1. The summed E-state index contributed by atoms with van der Waals surface area (Å²) >= 11 is 1.73. The van der Waals surface area contributed by atoms with Gasteiger partial charge in [0.2, 0.25) is 6.41 Å². The zero-order valence-electron chi connectivity index (χ0n) is 11.3. The van der Waals surface area contributed by atoms with E-state index in [1.165, 1.54) is 21.6 Å². The number of carbonyl (C=O) groups is 1. The van der Waals surface area contributed by atoms with Gasteiger partial charge in [0, 0.05) is 29.4 Å². The van der Waals surface area contributed by atoms with E-state index in [4.69, 9.17) is 0 Å². The maximum atomic E-state index is 10.3. The van der Waals surface area contributed by atoms with Crippen molar-refractivity contribution in [2.75, 3.05) is 0 Å². The summed E-state index contributed by atoms with van der Waals surface area (Å²) in [7, 11) is 0. The molecule has 3 nitrogen and oxygen atoms in total. The molecule has 0 saturated carbocycles. The maximum absolute atomic E-state index is 10.3. The van der Waals surface area contributed by atoms with E-state index in [0.29, 0.717) is 13.0 Å². The smallest absolute Gasteiger partial charge is 0.207 e. The van der Waals surface area contributed by atoms with Crippen LogP contribution in [0.5, 0.6) is 0 Å². The van der Waals surface area contributed by atoms with E-state index in [2.05, 4.69) is 33.9 Å². The van der Waals surface area contributed by atoms with Crippen molar-refractivity contribution in [1.29, 1.82) is 0 Å². The van der Waals surface area contributed by atoms with Crippen LogP contribution in [0, 0.1) is 0 Å². The highest BCUT2D eigenvalue weighted by Crippen LogP contribution is 2.36. The van der Waals surface area contributed by atoms with E-state index >= 15 is 0 Å². The van der Waals surface area contributed by atoms with E-state index < -0.39 is 0 Å². The summed E-state index contributed by atoms with van der Waals surface area (Å²) in [6.07, 6.45) is 4.34. The molecular weight excluding hydrogens is 280 g/mol. The van der Waals surface area contributed by atoms with E-state index in [1.54, 1.807) is 11.3 Å². The Morgan fingerprint density at radius 2 is 1.76 bits per heavy atom. The number of amides is 1. The van der Waals surface area contributed by atoms with Crippen LogP contribution in [0.2, 0.25) is 0 Å². The molecule has 2 aromatic heterocycles. The summed E-state index contributed by atoms with van der Waals surface area (Å²) in [4.78, 5) is 15.6. The summed E-state index contributed by atoms with van der Waals surface area (Å²) in [5.41, 5.74) is 4.67. The molecule has 0 bridgehead atoms. The molecule has 3 rings (SSSR count). The predicted molar refractivity (Wildman–Crippen MR) is 85.9 cm³/mol. The van der Waals surface area contributed by atoms with Crippen molar-refractivity contribution in [3.8, 4) is 21.6 Å². The third-order valence-electron chi connectivity index (χ3n) is 3.26. The van der Waals surface area contributed by atoms with E-state index in [-0.39, 0.29) is 0 Å². The Kier molecular flexibility index (Phi) is 4.07. The van der Waals surface area contributed by atoms with Gasteiger partial charge >= 0.3 is 0 Å². The summed E-state index contributed by atoms with van der Waals surface area (Å²) < 4.78 is 0. The van der Waals surface area contributed by atoms with E-state index in [1.807, 2.05) is 36.7 Å². The van der Waals surface area contributed by atoms with Crippen molar-refractivity contribution in [2.45, 2.75) is 6.54 Å². The fraction of sp³-hybridized carbons (Fsp3) is 0.0588. The Balaban J connectivity index is 1.91. The standard InChI is InChI=1S/C17H14N2OS/c20-12-19-11-13-1-3-15(4-2-13)17-16(7-10-21-17)14-5-8-18-9-6-14/h1-10,12H,11H2,(H,19,20). The first kappa shape index (κ1) is 13.5. The number of benzene rings is 1. The molecule has 2 heterocycles. The number of pyridine rings is 1. The molecule has 0 aliphatic rings. The molecule has 0 spiro atoms. The normalized spacial score (nSPS) is 10.3. The Morgan fingerprint density at radius 1 is 1.00 bits per heavy atom. The monoisotopic (exact) mass is 294 g/mol. The van der Waals surface area contributed by atoms with Gasteiger partial charge in [-0.05, 0) is 40.3 Å². The molecule has 21 heavy (non-hydrogen) atoms. The van der Waals surface area contributed by atoms with Crippen molar-refractivity contribution in [3.05, 3.63) is 65.8 Å². The van der Waals surface area contributed by atoms with Gasteiger partial charge in [0.1, 0.15) is 0 Å². The third kappa shape index (κ3) is 3.01. The lowest BCUT2D eigenvalue weighted by Gasteiger charge is -2.06. The molecule has 0 aliphatic heterocycles. The van der Waals surface area contributed by atoms with Crippen LogP contribution < -0.4 is 5.32 Å². The van der Waals surface area contributed by atoms with Crippen LogP contribution in [-0.4, -0.2) is 11.4 Å². The van der Waals surface area contributed by atoms with Crippen molar-refractivity contribution in [3.63, 3.8) is 0 Å². The molecule has 3 aromatic rings. The predicted octanol–water partition coefficient (Wildman–Crippen LogP) is 3.72. The molecule has 0 aliphatic carbocycles. The Hall–Kier alpha value is -2.46. The van der Waals surface area contributed by atoms with Gasteiger partial charge in [0.25, 0.3) is 0 Å². The van der Waals surface area contributed by atoms with Crippen molar-refractivity contribution >= 4 is 17.7 Å². The van der Waals surface area contributed by atoms with Gasteiger partial charge < -0.3 is 5.32 Å². The first-order valence-corrected chi connectivity index (χ1v) is 7.50. The molecule has 0 unspecified atom stereocenters. The number of nitrogens with one attached hydrogen (secondary N) is 1. The van der Waals surface area contributed by atoms with Gasteiger partial charge in [0.05, 0.1) is 0 Å². The number of carbonyl (C=O) groups excluding carboxylic acids is 1. The van der Waals surface area contributed by atoms with Crippen LogP contribution in [0.4, 0.5) is 0 Å². The van der Waals surface area contributed by atoms with Gasteiger partial charge in [-0.1, -0.05) is 24.3 Å². The summed E-state index contributed by atoms with van der Waals surface area (Å²) in [5.74, 6) is 0. The van der Waals surface area contributed by atoms with Crippen LogP contribution in [0.15, 0.2) is 60.2 Å². The van der Waals surface area contributed by atoms with Crippen LogP contribution >= 0.6 is 11.3 Å². The molecule has 0 radical (unpaired) electrons. The fourth-order valence-electron chi connectivity index (χ4n) is 2.23. The second kappa shape index (κ2) is 6.33. The minimum atomic E-state index is 0.561. The van der Waals surface area contributed by atoms with E-state index in [9.17, 15) is 4.79 Å². The zero-order valence-corrected chi connectivity index (χ0v) is 12.1. The lowest BCUT2D eigenvalue weighted by molar-refractivity contribution is -0.109. The highest BCUT2D eigenvalue weighted by Gasteiger charge is 2.08. The van der Waals surface area contributed by atoms with Crippen LogP contribution in [0.1, 0.15) is 5.56 Å². The lowest BCUT2D eigenvalue weighted by atomic mass is 10.0. The molecular formula is C17H14N2OS. The van der Waals surface area contributed by atoms with Crippen molar-refractivity contribution in [2.24, 2.45) is 0 Å². The Bertz CT molecular complexity index is 720. The first-order valence-electron chi connectivity index (χ1n) is 6.63. The minimum Gasteiger partial charge on any atom is -0.355 e. The molecule has 0 fully saturated rings. The van der Waals surface area contributed by atoms with Gasteiger partial charge in [0.15, 0.2) is 0 Å². The highest BCUT2D eigenvalue weighted by molar-refractivity contribution is 7.14.